The van der Waals surface area contributed by atoms with E-state index in [1.54, 1.807) is 24.2 Å². The Kier molecular flexibility index (Phi) is 4.75. The monoisotopic (exact) mass is 412 g/mol. The third-order valence-electron chi connectivity index (χ3n) is 4.99. The largest absolute Gasteiger partial charge is 0.497 e. The summed E-state index contributed by atoms with van der Waals surface area (Å²) in [6.45, 7) is 0. The first kappa shape index (κ1) is 18.7. The Hall–Kier alpha value is -4.27. The van der Waals surface area contributed by atoms with Gasteiger partial charge in [-0.25, -0.2) is 9.97 Å². The van der Waals surface area contributed by atoms with Gasteiger partial charge < -0.3 is 10.1 Å². The Balaban J connectivity index is 1.42. The average Bonchev–Trinajstić information content (AvgIpc) is 3.39. The number of nitrogens with zero attached hydrogens (tertiary/aromatic N) is 7. The summed E-state index contributed by atoms with van der Waals surface area (Å²) < 4.78 is 9.02. The number of pyridine rings is 1. The summed E-state index contributed by atoms with van der Waals surface area (Å²) in [4.78, 5) is 8.93. The first-order chi connectivity index (χ1) is 15.2. The number of ether oxygens (including phenoxy) is 1. The van der Waals surface area contributed by atoms with Crippen molar-refractivity contribution in [1.82, 2.24) is 34.3 Å². The van der Waals surface area contributed by atoms with E-state index in [0.29, 0.717) is 12.4 Å². The summed E-state index contributed by atoms with van der Waals surface area (Å²) in [5, 5.41) is 16.0. The van der Waals surface area contributed by atoms with Crippen LogP contribution in [0.2, 0.25) is 0 Å². The van der Waals surface area contributed by atoms with Gasteiger partial charge in [-0.15, -0.1) is 10.2 Å². The minimum atomic E-state index is 0.501. The van der Waals surface area contributed by atoms with Gasteiger partial charge in [0, 0.05) is 37.5 Å². The lowest BCUT2D eigenvalue weighted by Gasteiger charge is -2.07. The molecule has 0 amide bonds. The fraction of sp³-hybridized carbons (Fsp3) is 0.136. The van der Waals surface area contributed by atoms with Crippen molar-refractivity contribution < 1.29 is 4.74 Å². The molecule has 4 aromatic heterocycles. The van der Waals surface area contributed by atoms with E-state index in [4.69, 9.17) is 4.74 Å². The zero-order valence-electron chi connectivity index (χ0n) is 17.1. The number of rotatable bonds is 6. The predicted octanol–water partition coefficient (Wildman–Crippen LogP) is 3.26. The summed E-state index contributed by atoms with van der Waals surface area (Å²) >= 11 is 0. The highest BCUT2D eigenvalue weighted by molar-refractivity contribution is 5.65. The van der Waals surface area contributed by atoms with Crippen LogP contribution in [0.1, 0.15) is 11.4 Å². The molecule has 0 aliphatic rings. The normalized spacial score (nSPS) is 11.0. The minimum Gasteiger partial charge on any atom is -0.497 e. The van der Waals surface area contributed by atoms with Crippen molar-refractivity contribution >= 4 is 17.4 Å². The molecule has 31 heavy (non-hydrogen) atoms. The molecule has 154 valence electrons. The van der Waals surface area contributed by atoms with E-state index < -0.39 is 0 Å². The molecule has 0 saturated carbocycles. The molecular weight excluding hydrogens is 392 g/mol. The van der Waals surface area contributed by atoms with Crippen LogP contribution in [0.15, 0.2) is 67.1 Å². The summed E-state index contributed by atoms with van der Waals surface area (Å²) in [6.07, 6.45) is 6.07. The third kappa shape index (κ3) is 3.80. The van der Waals surface area contributed by atoms with E-state index in [-0.39, 0.29) is 0 Å². The SMILES string of the molecule is COc1cccc(Cc2nnc3cc(-c4ccnc(Nc5ccnn5C)n4)ccn23)c1. The zero-order chi connectivity index (χ0) is 21.2. The van der Waals surface area contributed by atoms with E-state index >= 15 is 0 Å². The number of methoxy groups -OCH3 is 1. The Morgan fingerprint density at radius 1 is 1.03 bits per heavy atom. The quantitative estimate of drug-likeness (QED) is 0.457. The Morgan fingerprint density at radius 2 is 1.97 bits per heavy atom. The second-order valence-electron chi connectivity index (χ2n) is 7.02. The van der Waals surface area contributed by atoms with Crippen LogP contribution in [0.5, 0.6) is 5.75 Å². The number of aromatic nitrogens is 7. The van der Waals surface area contributed by atoms with Crippen LogP contribution >= 0.6 is 0 Å². The molecule has 1 N–H and O–H groups in total. The molecule has 0 aliphatic carbocycles. The smallest absolute Gasteiger partial charge is 0.228 e. The number of aryl methyl sites for hydroxylation is 1. The van der Waals surface area contributed by atoms with Gasteiger partial charge in [0.05, 0.1) is 19.0 Å². The van der Waals surface area contributed by atoms with Crippen molar-refractivity contribution in [3.05, 3.63) is 78.5 Å². The molecule has 5 aromatic rings. The first-order valence-corrected chi connectivity index (χ1v) is 9.74. The van der Waals surface area contributed by atoms with Crippen molar-refractivity contribution in [3.63, 3.8) is 0 Å². The molecule has 1 aromatic carbocycles. The van der Waals surface area contributed by atoms with Crippen LogP contribution in [0.4, 0.5) is 11.8 Å². The average molecular weight is 412 g/mol. The lowest BCUT2D eigenvalue weighted by molar-refractivity contribution is 0.414. The maximum absolute atomic E-state index is 5.31. The van der Waals surface area contributed by atoms with Crippen molar-refractivity contribution in [2.24, 2.45) is 7.05 Å². The van der Waals surface area contributed by atoms with Crippen LogP contribution in [0.25, 0.3) is 16.9 Å². The highest BCUT2D eigenvalue weighted by atomic mass is 16.5. The van der Waals surface area contributed by atoms with Gasteiger partial charge in [-0.05, 0) is 35.9 Å². The maximum Gasteiger partial charge on any atom is 0.228 e. The lowest BCUT2D eigenvalue weighted by Crippen LogP contribution is -2.03. The summed E-state index contributed by atoms with van der Waals surface area (Å²) in [5.74, 6) is 3.00. The Bertz CT molecular complexity index is 1360. The Labute approximate surface area is 178 Å². The molecule has 9 heteroatoms. The van der Waals surface area contributed by atoms with Gasteiger partial charge in [-0.2, -0.15) is 5.10 Å². The molecule has 0 aliphatic heterocycles. The van der Waals surface area contributed by atoms with Gasteiger partial charge in [-0.1, -0.05) is 12.1 Å². The van der Waals surface area contributed by atoms with Gasteiger partial charge in [-0.3, -0.25) is 9.08 Å². The van der Waals surface area contributed by atoms with Crippen LogP contribution in [0, 0.1) is 0 Å². The zero-order valence-corrected chi connectivity index (χ0v) is 17.1. The first-order valence-electron chi connectivity index (χ1n) is 9.74. The number of benzene rings is 1. The number of fused-ring (bicyclic) bond motifs is 1. The van der Waals surface area contributed by atoms with Crippen LogP contribution in [-0.2, 0) is 13.5 Å². The molecule has 0 radical (unpaired) electrons. The number of nitrogens with one attached hydrogen (secondary N) is 1. The number of hydrogen-bond acceptors (Lipinski definition) is 7. The van der Waals surface area contributed by atoms with Crippen LogP contribution in [-0.4, -0.2) is 41.5 Å². The number of hydrogen-bond donors (Lipinski definition) is 1. The molecule has 0 fully saturated rings. The van der Waals surface area contributed by atoms with Gasteiger partial charge in [0.25, 0.3) is 0 Å². The highest BCUT2D eigenvalue weighted by Gasteiger charge is 2.10. The highest BCUT2D eigenvalue weighted by Crippen LogP contribution is 2.22. The summed E-state index contributed by atoms with van der Waals surface area (Å²) in [7, 11) is 3.52. The van der Waals surface area contributed by atoms with Gasteiger partial charge in [0.2, 0.25) is 5.95 Å². The van der Waals surface area contributed by atoms with Crippen molar-refractivity contribution in [1.29, 1.82) is 0 Å². The molecule has 0 bridgehead atoms. The van der Waals surface area contributed by atoms with Gasteiger partial charge in [0.15, 0.2) is 5.65 Å². The van der Waals surface area contributed by atoms with E-state index in [9.17, 15) is 0 Å². The molecule has 4 heterocycles. The molecule has 0 atom stereocenters. The molecule has 0 saturated heterocycles. The topological polar surface area (TPSA) is 95.0 Å². The van der Waals surface area contributed by atoms with Gasteiger partial charge >= 0.3 is 0 Å². The van der Waals surface area contributed by atoms with E-state index in [1.165, 1.54) is 0 Å². The van der Waals surface area contributed by atoms with E-state index in [0.717, 1.165) is 39.9 Å². The van der Waals surface area contributed by atoms with Crippen molar-refractivity contribution in [2.75, 3.05) is 12.4 Å². The molecule has 9 nitrogen and oxygen atoms in total. The maximum atomic E-state index is 5.31. The second kappa shape index (κ2) is 7.86. The fourth-order valence-corrected chi connectivity index (χ4v) is 3.38. The second-order valence-corrected chi connectivity index (χ2v) is 7.02. The standard InChI is InChI=1S/C22H20N8O/c1-29-19(7-10-24-29)26-22-23-9-6-18(25-22)16-8-11-30-20(27-28-21(30)14-16)13-15-4-3-5-17(12-15)31-2/h3-12,14H,13H2,1-2H3,(H,23,25,26). The molecule has 0 unspecified atom stereocenters. The summed E-state index contributed by atoms with van der Waals surface area (Å²) in [6, 6.07) is 15.7. The third-order valence-corrected chi connectivity index (χ3v) is 4.99. The molecule has 0 spiro atoms. The summed E-state index contributed by atoms with van der Waals surface area (Å²) in [5.41, 5.74) is 3.59. The van der Waals surface area contributed by atoms with Crippen LogP contribution in [0.3, 0.4) is 0 Å². The molecular formula is C22H20N8O. The van der Waals surface area contributed by atoms with Crippen molar-refractivity contribution in [3.8, 4) is 17.0 Å². The Morgan fingerprint density at radius 3 is 2.81 bits per heavy atom. The number of anilines is 2. The fourth-order valence-electron chi connectivity index (χ4n) is 3.38. The van der Waals surface area contributed by atoms with Crippen molar-refractivity contribution in [2.45, 2.75) is 6.42 Å². The molecule has 5 rings (SSSR count). The van der Waals surface area contributed by atoms with E-state index in [2.05, 4.69) is 36.6 Å². The minimum absolute atomic E-state index is 0.501. The van der Waals surface area contributed by atoms with Gasteiger partial charge in [0.1, 0.15) is 17.4 Å². The van der Waals surface area contributed by atoms with E-state index in [1.807, 2.05) is 60.1 Å². The predicted molar refractivity (Wildman–Crippen MR) is 116 cm³/mol. The van der Waals surface area contributed by atoms with Crippen LogP contribution < -0.4 is 10.1 Å². The lowest BCUT2D eigenvalue weighted by atomic mass is 10.1.